The van der Waals surface area contributed by atoms with E-state index in [0.29, 0.717) is 22.3 Å². The molecule has 31 heavy (non-hydrogen) atoms. The number of halogens is 1. The van der Waals surface area contributed by atoms with E-state index in [2.05, 4.69) is 41.5 Å². The monoisotopic (exact) mass is 501 g/mol. The van der Waals surface area contributed by atoms with Gasteiger partial charge in [0.25, 0.3) is 5.91 Å². The summed E-state index contributed by atoms with van der Waals surface area (Å²) >= 11 is 4.44. The number of aromatic hydroxyl groups is 1. The number of ether oxygens (including phenoxy) is 1. The Morgan fingerprint density at radius 2 is 2.06 bits per heavy atom. The lowest BCUT2D eigenvalue weighted by molar-refractivity contribution is -0.121. The number of azo groups is 1. The zero-order chi connectivity index (χ0) is 22.0. The first kappa shape index (κ1) is 21.1. The van der Waals surface area contributed by atoms with Crippen molar-refractivity contribution >= 4 is 67.0 Å². The Bertz CT molecular complexity index is 1220. The van der Waals surface area contributed by atoms with Crippen LogP contribution in [0.2, 0.25) is 0 Å². The molecular weight excluding hydrogens is 486 g/mol. The molecular formula is C20H16BrN5O4S. The molecule has 0 aliphatic carbocycles. The number of benzene rings is 2. The van der Waals surface area contributed by atoms with Crippen LogP contribution in [0.5, 0.6) is 11.6 Å². The van der Waals surface area contributed by atoms with E-state index < -0.39 is 11.2 Å². The second-order valence-corrected chi connectivity index (χ2v) is 8.62. The van der Waals surface area contributed by atoms with Gasteiger partial charge in [-0.3, -0.25) is 9.59 Å². The number of amidine groups is 1. The van der Waals surface area contributed by atoms with Crippen LogP contribution in [0, 0.1) is 0 Å². The number of amides is 2. The Morgan fingerprint density at radius 3 is 2.81 bits per heavy atom. The Balaban J connectivity index is 1.40. The van der Waals surface area contributed by atoms with Gasteiger partial charge in [0, 0.05) is 22.0 Å². The van der Waals surface area contributed by atoms with Crippen molar-refractivity contribution in [2.75, 3.05) is 12.4 Å². The number of rotatable bonds is 5. The molecule has 11 heteroatoms. The molecule has 3 N–H and O–H groups in total. The number of thioether (sulfide) groups is 1. The molecule has 2 aromatic carbocycles. The fourth-order valence-electron chi connectivity index (χ4n) is 2.93. The molecule has 0 bridgehead atoms. The summed E-state index contributed by atoms with van der Waals surface area (Å²) in [5.41, 5.74) is 1.54. The van der Waals surface area contributed by atoms with Crippen LogP contribution in [-0.4, -0.2) is 39.4 Å². The second kappa shape index (κ2) is 8.90. The number of methoxy groups -OCH3 is 1. The fraction of sp³-hybridized carbons (Fsp3) is 0.150. The normalized spacial score (nSPS) is 16.1. The van der Waals surface area contributed by atoms with Gasteiger partial charge in [-0.1, -0.05) is 27.7 Å². The van der Waals surface area contributed by atoms with Crippen LogP contribution in [-0.2, 0) is 9.59 Å². The van der Waals surface area contributed by atoms with Crippen molar-refractivity contribution in [3.05, 3.63) is 46.9 Å². The van der Waals surface area contributed by atoms with Gasteiger partial charge < -0.3 is 20.1 Å². The van der Waals surface area contributed by atoms with Crippen LogP contribution < -0.4 is 10.1 Å². The maximum Gasteiger partial charge on any atom is 0.262 e. The second-order valence-electron chi connectivity index (χ2n) is 6.53. The van der Waals surface area contributed by atoms with Gasteiger partial charge in [-0.25, -0.2) is 0 Å². The minimum atomic E-state index is -0.682. The van der Waals surface area contributed by atoms with Gasteiger partial charge in [0.15, 0.2) is 5.69 Å². The molecule has 0 saturated heterocycles. The number of carbonyl (C=O) groups excluding carboxylic acids is 2. The molecule has 158 valence electrons. The summed E-state index contributed by atoms with van der Waals surface area (Å²) in [5, 5.41) is 21.0. The zero-order valence-corrected chi connectivity index (χ0v) is 18.5. The van der Waals surface area contributed by atoms with Gasteiger partial charge in [0.2, 0.25) is 17.0 Å². The van der Waals surface area contributed by atoms with Gasteiger partial charge in [-0.15, -0.1) is 10.2 Å². The number of anilines is 1. The van der Waals surface area contributed by atoms with E-state index in [1.165, 1.54) is 0 Å². The molecule has 1 aliphatic heterocycles. The van der Waals surface area contributed by atoms with E-state index in [4.69, 9.17) is 4.74 Å². The van der Waals surface area contributed by atoms with Crippen molar-refractivity contribution in [2.24, 2.45) is 15.2 Å². The summed E-state index contributed by atoms with van der Waals surface area (Å²) in [6.07, 6.45) is -0.0523. The third-order valence-electron chi connectivity index (χ3n) is 4.42. The number of aliphatic imine (C=N–C) groups is 1. The smallest absolute Gasteiger partial charge is 0.262 e. The van der Waals surface area contributed by atoms with E-state index in [9.17, 15) is 14.7 Å². The van der Waals surface area contributed by atoms with Gasteiger partial charge in [0.05, 0.1) is 12.6 Å². The molecule has 1 aromatic heterocycles. The topological polar surface area (TPSA) is 128 Å². The van der Waals surface area contributed by atoms with E-state index in [0.717, 1.165) is 16.2 Å². The SMILES string of the molecule is COc1ccc(NC(=O)CC2SC(N=Nc3c(O)[nH]c4ccc(Br)cc34)=NC2=O)cc1. The number of H-pyrrole nitrogens is 1. The molecule has 1 unspecified atom stereocenters. The molecule has 1 atom stereocenters. The van der Waals surface area contributed by atoms with Crippen LogP contribution in [0.15, 0.2) is 62.2 Å². The minimum absolute atomic E-state index is 0.0523. The third kappa shape index (κ3) is 4.78. The molecule has 0 spiro atoms. The highest BCUT2D eigenvalue weighted by Crippen LogP contribution is 2.37. The Labute approximate surface area is 189 Å². The highest BCUT2D eigenvalue weighted by molar-refractivity contribution is 9.10. The number of carbonyl (C=O) groups is 2. The molecule has 9 nitrogen and oxygen atoms in total. The Kier molecular flexibility index (Phi) is 6.05. The number of aromatic amines is 1. The summed E-state index contributed by atoms with van der Waals surface area (Å²) in [6.45, 7) is 0. The van der Waals surface area contributed by atoms with Crippen molar-refractivity contribution in [3.8, 4) is 11.6 Å². The summed E-state index contributed by atoms with van der Waals surface area (Å²) in [7, 11) is 1.56. The van der Waals surface area contributed by atoms with Crippen LogP contribution in [0.3, 0.4) is 0 Å². The van der Waals surface area contributed by atoms with Crippen LogP contribution in [0.1, 0.15) is 6.42 Å². The minimum Gasteiger partial charge on any atom is -0.497 e. The lowest BCUT2D eigenvalue weighted by Crippen LogP contribution is -2.21. The number of aromatic nitrogens is 1. The number of nitrogens with zero attached hydrogens (tertiary/aromatic N) is 3. The van der Waals surface area contributed by atoms with E-state index in [1.54, 1.807) is 43.5 Å². The predicted octanol–water partition coefficient (Wildman–Crippen LogP) is 4.76. The summed E-state index contributed by atoms with van der Waals surface area (Å²) in [5.74, 6) is -0.225. The number of nitrogens with one attached hydrogen (secondary N) is 2. The van der Waals surface area contributed by atoms with E-state index in [-0.39, 0.29) is 29.1 Å². The summed E-state index contributed by atoms with van der Waals surface area (Å²) < 4.78 is 5.90. The van der Waals surface area contributed by atoms with Crippen LogP contribution >= 0.6 is 27.7 Å². The maximum atomic E-state index is 12.3. The first-order chi connectivity index (χ1) is 14.9. The van der Waals surface area contributed by atoms with E-state index >= 15 is 0 Å². The fourth-order valence-corrected chi connectivity index (χ4v) is 4.16. The average molecular weight is 502 g/mol. The molecule has 0 fully saturated rings. The van der Waals surface area contributed by atoms with Gasteiger partial charge >= 0.3 is 0 Å². The number of hydrogen-bond donors (Lipinski definition) is 3. The molecule has 4 rings (SSSR count). The largest absolute Gasteiger partial charge is 0.497 e. The van der Waals surface area contributed by atoms with Gasteiger partial charge in [-0.05, 0) is 42.5 Å². The number of fused-ring (bicyclic) bond motifs is 1. The van der Waals surface area contributed by atoms with Gasteiger partial charge in [-0.2, -0.15) is 4.99 Å². The molecule has 3 aromatic rings. The predicted molar refractivity (Wildman–Crippen MR) is 122 cm³/mol. The van der Waals surface area contributed by atoms with Crippen LogP contribution in [0.25, 0.3) is 10.9 Å². The molecule has 2 amide bonds. The van der Waals surface area contributed by atoms with Crippen molar-refractivity contribution in [3.63, 3.8) is 0 Å². The standard InChI is InChI=1S/C20H16BrN5O4S/c1-30-12-5-3-11(4-6-12)22-16(27)9-15-18(28)24-20(31-15)26-25-17-13-8-10(21)2-7-14(13)23-19(17)29/h2-8,15,23,29H,9H2,1H3,(H,22,27). The van der Waals surface area contributed by atoms with Crippen molar-refractivity contribution in [2.45, 2.75) is 11.7 Å². The highest BCUT2D eigenvalue weighted by atomic mass is 79.9. The Hall–Kier alpha value is -3.18. The first-order valence-electron chi connectivity index (χ1n) is 9.08. The third-order valence-corrected chi connectivity index (χ3v) is 5.95. The molecule has 2 heterocycles. The molecule has 1 aliphatic rings. The Morgan fingerprint density at radius 1 is 1.29 bits per heavy atom. The summed E-state index contributed by atoms with van der Waals surface area (Å²) in [6, 6.07) is 12.3. The van der Waals surface area contributed by atoms with Gasteiger partial charge in [0.1, 0.15) is 11.0 Å². The molecule has 0 saturated carbocycles. The average Bonchev–Trinajstić information content (AvgIpc) is 3.25. The maximum absolute atomic E-state index is 12.3. The zero-order valence-electron chi connectivity index (χ0n) is 16.1. The lowest BCUT2D eigenvalue weighted by atomic mass is 10.2. The van der Waals surface area contributed by atoms with Crippen molar-refractivity contribution in [1.82, 2.24) is 4.98 Å². The molecule has 0 radical (unpaired) electrons. The lowest BCUT2D eigenvalue weighted by Gasteiger charge is -2.08. The quantitative estimate of drug-likeness (QED) is 0.434. The van der Waals surface area contributed by atoms with E-state index in [1.807, 2.05) is 6.07 Å². The van der Waals surface area contributed by atoms with Crippen LogP contribution in [0.4, 0.5) is 11.4 Å². The summed E-state index contributed by atoms with van der Waals surface area (Å²) in [4.78, 5) is 31.1. The van der Waals surface area contributed by atoms with Crippen molar-refractivity contribution in [1.29, 1.82) is 0 Å². The first-order valence-corrected chi connectivity index (χ1v) is 10.7. The van der Waals surface area contributed by atoms with Crippen molar-refractivity contribution < 1.29 is 19.4 Å². The highest BCUT2D eigenvalue weighted by Gasteiger charge is 2.31. The number of hydrogen-bond acceptors (Lipinski definition) is 7.